The van der Waals surface area contributed by atoms with Gasteiger partial charge >= 0.3 is 0 Å². The summed E-state index contributed by atoms with van der Waals surface area (Å²) in [7, 11) is 7.25. The van der Waals surface area contributed by atoms with Crippen molar-refractivity contribution in [2.45, 2.75) is 55.6 Å². The van der Waals surface area contributed by atoms with Crippen LogP contribution in [0.15, 0.2) is 35.3 Å². The topological polar surface area (TPSA) is 66.4 Å². The molecule has 1 saturated carbocycles. The van der Waals surface area contributed by atoms with Gasteiger partial charge in [0.25, 0.3) is 11.5 Å². The van der Waals surface area contributed by atoms with Gasteiger partial charge in [-0.05, 0) is 58.3 Å². The van der Waals surface area contributed by atoms with Crippen molar-refractivity contribution in [3.05, 3.63) is 63.3 Å². The van der Waals surface area contributed by atoms with Gasteiger partial charge in [-0.15, -0.1) is 18.5 Å². The van der Waals surface area contributed by atoms with Crippen LogP contribution in [0.25, 0.3) is 0 Å². The van der Waals surface area contributed by atoms with Crippen LogP contribution in [-0.4, -0.2) is 46.0 Å². The Morgan fingerprint density at radius 1 is 1.26 bits per heavy atom. The summed E-state index contributed by atoms with van der Waals surface area (Å²) in [5, 5.41) is 6.34. The lowest BCUT2D eigenvalue weighted by molar-refractivity contribution is 0.0939. The van der Waals surface area contributed by atoms with Gasteiger partial charge in [0.1, 0.15) is 5.82 Å². The van der Waals surface area contributed by atoms with Gasteiger partial charge in [0.05, 0.1) is 22.8 Å². The van der Waals surface area contributed by atoms with Crippen LogP contribution in [0.2, 0.25) is 0 Å². The van der Waals surface area contributed by atoms with E-state index in [-0.39, 0.29) is 34.3 Å². The fraction of sp³-hybridized carbons (Fsp3) is 0.520. The molecule has 0 radical (unpaired) electrons. The molecule has 3 atom stereocenters. The summed E-state index contributed by atoms with van der Waals surface area (Å²) >= 11 is 2.31. The van der Waals surface area contributed by atoms with Gasteiger partial charge < -0.3 is 20.1 Å². The molecule has 1 amide bonds. The molecule has 2 N–H and O–H groups in total. The lowest BCUT2D eigenvalue weighted by Crippen LogP contribution is -2.39. The first kappa shape index (κ1) is 27.0. The number of likely N-dealkylation sites (tertiary alicyclic amines) is 1. The lowest BCUT2D eigenvalue weighted by atomic mass is 10.0. The second kappa shape index (κ2) is 11.1. The Hall–Kier alpha value is -1.08. The van der Waals surface area contributed by atoms with Crippen molar-refractivity contribution in [2.75, 3.05) is 29.9 Å². The Morgan fingerprint density at radius 2 is 1.91 bits per heavy atom. The van der Waals surface area contributed by atoms with Crippen molar-refractivity contribution in [2.24, 2.45) is 0 Å². The van der Waals surface area contributed by atoms with Gasteiger partial charge in [-0.1, -0.05) is 40.8 Å². The number of aromatic nitrogens is 1. The van der Waals surface area contributed by atoms with Crippen molar-refractivity contribution >= 4 is 52.7 Å². The van der Waals surface area contributed by atoms with E-state index in [4.69, 9.17) is 0 Å². The smallest absolute Gasteiger partial charge is 0.255 e. The molecule has 0 bridgehead atoms. The Kier molecular flexibility index (Phi) is 8.57. The second-order valence-electron chi connectivity index (χ2n) is 9.86. The Morgan fingerprint density at radius 3 is 2.51 bits per heavy atom. The molecule has 2 aromatic rings. The minimum atomic E-state index is -0.535. The van der Waals surface area contributed by atoms with Gasteiger partial charge in [-0.3, -0.25) is 9.59 Å². The molecule has 1 aliphatic heterocycles. The predicted molar refractivity (Wildman–Crippen MR) is 155 cm³/mol. The third-order valence-electron chi connectivity index (χ3n) is 7.20. The van der Waals surface area contributed by atoms with Crippen molar-refractivity contribution in [3.8, 4) is 0 Å². The van der Waals surface area contributed by atoms with Crippen molar-refractivity contribution in [3.63, 3.8) is 0 Å². The van der Waals surface area contributed by atoms with E-state index >= 15 is 4.39 Å². The highest BCUT2D eigenvalue weighted by Crippen LogP contribution is 2.44. The number of piperidine rings is 1. The van der Waals surface area contributed by atoms with Crippen molar-refractivity contribution < 1.29 is 9.18 Å². The third kappa shape index (κ3) is 5.92. The number of nitrogens with zero attached hydrogens (tertiary/aromatic N) is 2. The summed E-state index contributed by atoms with van der Waals surface area (Å²) in [5.74, 6) is -0.629. The van der Waals surface area contributed by atoms with Crippen LogP contribution >= 0.6 is 41.1 Å². The van der Waals surface area contributed by atoms with E-state index in [0.29, 0.717) is 22.4 Å². The Labute approximate surface area is 224 Å². The molecular formula is C25H34FIN4O2P2. The number of nitrogens with one attached hydrogen (secondary N) is 2. The minimum absolute atomic E-state index is 0.0927. The van der Waals surface area contributed by atoms with Crippen LogP contribution in [0.1, 0.15) is 65.5 Å². The molecule has 6 nitrogen and oxygen atoms in total. The molecule has 1 aromatic heterocycles. The molecule has 1 saturated heterocycles. The number of hydrogen-bond acceptors (Lipinski definition) is 4. The van der Waals surface area contributed by atoms with E-state index in [1.807, 2.05) is 6.07 Å². The van der Waals surface area contributed by atoms with Crippen LogP contribution in [-0.2, 0) is 5.54 Å². The zero-order chi connectivity index (χ0) is 25.3. The van der Waals surface area contributed by atoms with Gasteiger partial charge in [0.2, 0.25) is 0 Å². The molecule has 190 valence electrons. The minimum Gasteiger partial charge on any atom is -0.381 e. The Balaban J connectivity index is 1.64. The van der Waals surface area contributed by atoms with E-state index < -0.39 is 6.04 Å². The van der Waals surface area contributed by atoms with Gasteiger partial charge in [-0.2, -0.15) is 0 Å². The number of rotatable bonds is 8. The Bertz CT molecular complexity index is 1150. The number of carbonyl (C=O) groups excluding carboxylic acids is 1. The SMILES string of the molecule is C[C@@H](NC(=O)c1cn(C2(CI)CC2)c(=O)cc1NC1CCN(C)CC1)c1cccc(C(P)P)c1F. The van der Waals surface area contributed by atoms with Crippen LogP contribution in [0.3, 0.4) is 0 Å². The number of alkyl halides is 1. The maximum absolute atomic E-state index is 15.1. The van der Waals surface area contributed by atoms with Gasteiger partial charge in [-0.25, -0.2) is 4.39 Å². The van der Waals surface area contributed by atoms with E-state index in [1.54, 1.807) is 35.9 Å². The van der Waals surface area contributed by atoms with Gasteiger partial charge in [0, 0.05) is 33.7 Å². The summed E-state index contributed by atoms with van der Waals surface area (Å²) in [6.07, 6.45) is 5.45. The van der Waals surface area contributed by atoms with Gasteiger partial charge in [0.15, 0.2) is 0 Å². The zero-order valence-corrected chi connectivity index (χ0v) is 24.7. The number of anilines is 1. The standard InChI is InChI=1S/C25H34FIN4O2P2/c1-15(17-4-3-5-18(22(17)26)24(34)35)28-23(33)19-13-31(25(14-27)8-9-25)21(32)12-20(19)29-16-6-10-30(2)11-7-16/h3-5,12-13,15-16,24,29H,6-11,14,34-35H2,1-2H3,(H,28,33)/t15-/m1/s1. The first-order chi connectivity index (χ1) is 16.6. The summed E-state index contributed by atoms with van der Waals surface area (Å²) in [5.41, 5.74) is 1.68. The summed E-state index contributed by atoms with van der Waals surface area (Å²) in [4.78, 5) is 28.9. The predicted octanol–water partition coefficient (Wildman–Crippen LogP) is 4.66. The molecular weight excluding hydrogens is 596 g/mol. The molecule has 2 heterocycles. The van der Waals surface area contributed by atoms with E-state index in [9.17, 15) is 9.59 Å². The number of benzene rings is 1. The molecule has 2 aliphatic rings. The molecule has 10 heteroatoms. The lowest BCUT2D eigenvalue weighted by Gasteiger charge is -2.31. The first-order valence-electron chi connectivity index (χ1n) is 12.0. The van der Waals surface area contributed by atoms with Crippen molar-refractivity contribution in [1.29, 1.82) is 0 Å². The summed E-state index contributed by atoms with van der Waals surface area (Å²) < 4.78 is 17.7. The van der Waals surface area contributed by atoms with E-state index in [0.717, 1.165) is 43.2 Å². The zero-order valence-electron chi connectivity index (χ0n) is 20.2. The van der Waals surface area contributed by atoms with E-state index in [2.05, 4.69) is 63.7 Å². The largest absolute Gasteiger partial charge is 0.381 e. The van der Waals surface area contributed by atoms with Crippen LogP contribution < -0.4 is 16.2 Å². The number of carbonyl (C=O) groups is 1. The maximum atomic E-state index is 15.1. The summed E-state index contributed by atoms with van der Waals surface area (Å²) in [6.45, 7) is 3.72. The van der Waals surface area contributed by atoms with Crippen LogP contribution in [0, 0.1) is 5.82 Å². The quantitative estimate of drug-likeness (QED) is 0.253. The van der Waals surface area contributed by atoms with E-state index in [1.165, 1.54) is 0 Å². The highest BCUT2D eigenvalue weighted by molar-refractivity contribution is 14.1. The highest BCUT2D eigenvalue weighted by atomic mass is 127. The monoisotopic (exact) mass is 630 g/mol. The van der Waals surface area contributed by atoms with Crippen molar-refractivity contribution in [1.82, 2.24) is 14.8 Å². The average molecular weight is 630 g/mol. The molecule has 1 aliphatic carbocycles. The summed E-state index contributed by atoms with van der Waals surface area (Å²) in [6, 6.07) is 6.49. The fourth-order valence-corrected chi connectivity index (χ4v) is 6.32. The molecule has 35 heavy (non-hydrogen) atoms. The number of pyridine rings is 1. The number of amides is 1. The molecule has 4 rings (SSSR count). The average Bonchev–Trinajstić information content (AvgIpc) is 3.61. The first-order valence-corrected chi connectivity index (χ1v) is 14.9. The normalized spacial score (nSPS) is 18.9. The molecule has 2 unspecified atom stereocenters. The fourth-order valence-electron chi connectivity index (χ4n) is 4.67. The third-order valence-corrected chi connectivity index (χ3v) is 9.33. The number of halogens is 2. The number of hydrogen-bond donors (Lipinski definition) is 2. The van der Waals surface area contributed by atoms with Crippen LogP contribution in [0.5, 0.6) is 0 Å². The van der Waals surface area contributed by atoms with Crippen LogP contribution in [0.4, 0.5) is 10.1 Å². The molecule has 1 aromatic carbocycles. The second-order valence-corrected chi connectivity index (χ2v) is 12.8. The maximum Gasteiger partial charge on any atom is 0.255 e. The molecule has 2 fully saturated rings. The highest BCUT2D eigenvalue weighted by Gasteiger charge is 2.44. The molecule has 0 spiro atoms.